The molecular weight excluding hydrogens is 370 g/mol. The first-order chi connectivity index (χ1) is 11.9. The smallest absolute Gasteiger partial charge is 0.338 e. The SMILES string of the molecule is CSc1ccc(C(=O)OCC(=O)Nc2cccnc2Cl)cc1[N+](=O)[O-]. The average molecular weight is 382 g/mol. The summed E-state index contributed by atoms with van der Waals surface area (Å²) in [5.41, 5.74) is 0.0652. The Kier molecular flexibility index (Phi) is 6.31. The molecule has 0 unspecified atom stereocenters. The molecule has 0 aliphatic heterocycles. The normalized spacial score (nSPS) is 10.2. The van der Waals surface area contributed by atoms with Crippen LogP contribution in [0.15, 0.2) is 41.4 Å². The maximum atomic E-state index is 12.0. The van der Waals surface area contributed by atoms with Crippen molar-refractivity contribution in [2.45, 2.75) is 4.90 Å². The lowest BCUT2D eigenvalue weighted by Gasteiger charge is -2.08. The summed E-state index contributed by atoms with van der Waals surface area (Å²) in [7, 11) is 0. The lowest BCUT2D eigenvalue weighted by molar-refractivity contribution is -0.387. The first kappa shape index (κ1) is 18.7. The number of pyridine rings is 1. The van der Waals surface area contributed by atoms with E-state index in [0.717, 1.165) is 6.07 Å². The Labute approximate surface area is 151 Å². The number of rotatable bonds is 6. The molecule has 0 fully saturated rings. The van der Waals surface area contributed by atoms with Gasteiger partial charge in [0, 0.05) is 12.3 Å². The first-order valence-electron chi connectivity index (χ1n) is 6.82. The van der Waals surface area contributed by atoms with Crippen LogP contribution in [0, 0.1) is 10.1 Å². The molecule has 130 valence electrons. The molecule has 8 nitrogen and oxygen atoms in total. The summed E-state index contributed by atoms with van der Waals surface area (Å²) < 4.78 is 4.87. The number of carbonyl (C=O) groups is 2. The number of carbonyl (C=O) groups excluding carboxylic acids is 2. The zero-order valence-electron chi connectivity index (χ0n) is 12.9. The molecule has 0 aliphatic rings. The molecule has 25 heavy (non-hydrogen) atoms. The van der Waals surface area contributed by atoms with E-state index in [1.54, 1.807) is 18.4 Å². The lowest BCUT2D eigenvalue weighted by atomic mass is 10.2. The number of nitro groups is 1. The summed E-state index contributed by atoms with van der Waals surface area (Å²) in [6.07, 6.45) is 3.15. The first-order valence-corrected chi connectivity index (χ1v) is 8.42. The van der Waals surface area contributed by atoms with Crippen molar-refractivity contribution in [2.75, 3.05) is 18.2 Å². The minimum Gasteiger partial charge on any atom is -0.452 e. The fraction of sp³-hybridized carbons (Fsp3) is 0.133. The Bertz CT molecular complexity index is 831. The van der Waals surface area contributed by atoms with Gasteiger partial charge in [0.2, 0.25) is 0 Å². The number of esters is 1. The highest BCUT2D eigenvalue weighted by molar-refractivity contribution is 7.98. The summed E-state index contributed by atoms with van der Waals surface area (Å²) >= 11 is 6.99. The number of amides is 1. The van der Waals surface area contributed by atoms with Crippen LogP contribution >= 0.6 is 23.4 Å². The molecule has 0 radical (unpaired) electrons. The van der Waals surface area contributed by atoms with Crippen LogP contribution in [-0.4, -0.2) is 34.6 Å². The van der Waals surface area contributed by atoms with E-state index < -0.39 is 23.4 Å². The van der Waals surface area contributed by atoms with Crippen LogP contribution in [0.25, 0.3) is 0 Å². The summed E-state index contributed by atoms with van der Waals surface area (Å²) in [5.74, 6) is -1.46. The Balaban J connectivity index is 2.00. The molecule has 0 bridgehead atoms. The van der Waals surface area contributed by atoms with Gasteiger partial charge in [-0.25, -0.2) is 9.78 Å². The maximum absolute atomic E-state index is 12.0. The van der Waals surface area contributed by atoms with Gasteiger partial charge in [0.1, 0.15) is 0 Å². The van der Waals surface area contributed by atoms with Crippen molar-refractivity contribution in [2.24, 2.45) is 0 Å². The highest BCUT2D eigenvalue weighted by Gasteiger charge is 2.18. The van der Waals surface area contributed by atoms with Crippen molar-refractivity contribution in [1.82, 2.24) is 4.98 Å². The van der Waals surface area contributed by atoms with Crippen LogP contribution in [0.2, 0.25) is 5.15 Å². The van der Waals surface area contributed by atoms with Gasteiger partial charge < -0.3 is 10.1 Å². The van der Waals surface area contributed by atoms with E-state index in [1.807, 2.05) is 0 Å². The van der Waals surface area contributed by atoms with E-state index in [-0.39, 0.29) is 22.1 Å². The molecule has 0 spiro atoms. The van der Waals surface area contributed by atoms with Gasteiger partial charge in [0.15, 0.2) is 11.8 Å². The summed E-state index contributed by atoms with van der Waals surface area (Å²) in [4.78, 5) is 38.4. The molecule has 0 atom stereocenters. The van der Waals surface area contributed by atoms with E-state index in [9.17, 15) is 19.7 Å². The number of nitrogens with zero attached hydrogens (tertiary/aromatic N) is 2. The number of ether oxygens (including phenoxy) is 1. The quantitative estimate of drug-likeness (QED) is 0.269. The predicted octanol–water partition coefficient (Wildman–Crippen LogP) is 3.16. The molecule has 0 saturated carbocycles. The fourth-order valence-corrected chi connectivity index (χ4v) is 2.55. The average Bonchev–Trinajstić information content (AvgIpc) is 2.61. The Morgan fingerprint density at radius 3 is 2.80 bits per heavy atom. The number of hydrogen-bond donors (Lipinski definition) is 1. The minimum absolute atomic E-state index is 0.0169. The highest BCUT2D eigenvalue weighted by Crippen LogP contribution is 2.28. The predicted molar refractivity (Wildman–Crippen MR) is 93.0 cm³/mol. The zero-order chi connectivity index (χ0) is 18.4. The molecule has 1 aromatic heterocycles. The Morgan fingerprint density at radius 2 is 2.16 bits per heavy atom. The van der Waals surface area contributed by atoms with Crippen molar-refractivity contribution in [3.63, 3.8) is 0 Å². The zero-order valence-corrected chi connectivity index (χ0v) is 14.5. The number of anilines is 1. The van der Waals surface area contributed by atoms with Gasteiger partial charge in [-0.3, -0.25) is 14.9 Å². The third-order valence-electron chi connectivity index (χ3n) is 2.98. The molecule has 1 aromatic carbocycles. The summed E-state index contributed by atoms with van der Waals surface area (Å²) in [5, 5.41) is 13.6. The number of hydrogen-bond acceptors (Lipinski definition) is 7. The third-order valence-corrected chi connectivity index (χ3v) is 4.07. The van der Waals surface area contributed by atoms with Gasteiger partial charge in [-0.1, -0.05) is 11.6 Å². The van der Waals surface area contributed by atoms with Gasteiger partial charge >= 0.3 is 5.97 Å². The van der Waals surface area contributed by atoms with Gasteiger partial charge in [-0.15, -0.1) is 11.8 Å². The van der Waals surface area contributed by atoms with Crippen LogP contribution in [0.1, 0.15) is 10.4 Å². The third kappa shape index (κ3) is 4.91. The second kappa shape index (κ2) is 8.45. The van der Waals surface area contributed by atoms with Crippen molar-refractivity contribution < 1.29 is 19.2 Å². The Hall–Kier alpha value is -2.65. The number of nitro benzene ring substituents is 1. The van der Waals surface area contributed by atoms with E-state index in [2.05, 4.69) is 10.3 Å². The highest BCUT2D eigenvalue weighted by atomic mass is 35.5. The van der Waals surface area contributed by atoms with E-state index in [4.69, 9.17) is 16.3 Å². The van der Waals surface area contributed by atoms with E-state index >= 15 is 0 Å². The number of nitrogens with one attached hydrogen (secondary N) is 1. The van der Waals surface area contributed by atoms with Crippen LogP contribution in [0.5, 0.6) is 0 Å². The van der Waals surface area contributed by atoms with Crippen LogP contribution < -0.4 is 5.32 Å². The lowest BCUT2D eigenvalue weighted by Crippen LogP contribution is -2.21. The van der Waals surface area contributed by atoms with Crippen molar-refractivity contribution in [1.29, 1.82) is 0 Å². The molecule has 1 N–H and O–H groups in total. The number of thioether (sulfide) groups is 1. The summed E-state index contributed by atoms with van der Waals surface area (Å²) in [6, 6.07) is 7.09. The van der Waals surface area contributed by atoms with Crippen molar-refractivity contribution in [3.8, 4) is 0 Å². The largest absolute Gasteiger partial charge is 0.452 e. The van der Waals surface area contributed by atoms with Crippen LogP contribution in [-0.2, 0) is 9.53 Å². The standard InChI is InChI=1S/C15H12ClN3O5S/c1-25-12-5-4-9(7-11(12)19(22)23)15(21)24-8-13(20)18-10-3-2-6-17-14(10)16/h2-7H,8H2,1H3,(H,18,20). The number of benzene rings is 1. The van der Waals surface area contributed by atoms with Crippen molar-refractivity contribution >= 4 is 46.6 Å². The molecule has 2 aromatic rings. The van der Waals surface area contributed by atoms with Gasteiger partial charge in [-0.2, -0.15) is 0 Å². The minimum atomic E-state index is -0.844. The van der Waals surface area contributed by atoms with Crippen molar-refractivity contribution in [3.05, 3.63) is 57.4 Å². The molecule has 1 heterocycles. The Morgan fingerprint density at radius 1 is 1.40 bits per heavy atom. The summed E-state index contributed by atoms with van der Waals surface area (Å²) in [6.45, 7) is -0.567. The second-order valence-electron chi connectivity index (χ2n) is 4.61. The molecule has 0 saturated heterocycles. The van der Waals surface area contributed by atoms with Gasteiger partial charge in [0.05, 0.1) is 21.1 Å². The molecule has 0 aliphatic carbocycles. The molecule has 10 heteroatoms. The fourth-order valence-electron chi connectivity index (χ4n) is 1.84. The number of aromatic nitrogens is 1. The van der Waals surface area contributed by atoms with E-state index in [0.29, 0.717) is 4.90 Å². The van der Waals surface area contributed by atoms with Crippen LogP contribution in [0.4, 0.5) is 11.4 Å². The van der Waals surface area contributed by atoms with E-state index in [1.165, 1.54) is 30.1 Å². The van der Waals surface area contributed by atoms with Gasteiger partial charge in [-0.05, 0) is 30.5 Å². The monoisotopic (exact) mass is 381 g/mol. The molecule has 1 amide bonds. The topological polar surface area (TPSA) is 111 Å². The maximum Gasteiger partial charge on any atom is 0.338 e. The second-order valence-corrected chi connectivity index (χ2v) is 5.82. The molecular formula is C15H12ClN3O5S. The number of halogens is 1. The molecule has 2 rings (SSSR count). The van der Waals surface area contributed by atoms with Gasteiger partial charge in [0.25, 0.3) is 11.6 Å². The van der Waals surface area contributed by atoms with Crippen LogP contribution in [0.3, 0.4) is 0 Å².